The van der Waals surface area contributed by atoms with Crippen molar-refractivity contribution in [2.24, 2.45) is 0 Å². The molecule has 1 atom stereocenters. The molecule has 0 spiro atoms. The second-order valence-corrected chi connectivity index (χ2v) is 9.99. The van der Waals surface area contributed by atoms with E-state index < -0.39 is 9.84 Å². The topological polar surface area (TPSA) is 88.2 Å². The van der Waals surface area contributed by atoms with E-state index in [1.54, 1.807) is 23.1 Å². The first-order chi connectivity index (χ1) is 11.4. The van der Waals surface area contributed by atoms with E-state index in [2.05, 4.69) is 15.6 Å². The minimum absolute atomic E-state index is 0.0171. The standard InChI is InChI=1S/C15H17N3O3S3/c1-10-8-22-15(16-10)23-13-4-2-11(3-5-13)17-14(19)18-12-6-7-24(20,21)9-12/h2-5,8,12H,6-7,9H2,1H3,(H2,17,18,19)/t12-/m0/s1. The third-order valence-corrected chi connectivity index (χ3v) is 7.32. The summed E-state index contributed by atoms with van der Waals surface area (Å²) >= 11 is 3.17. The number of rotatable bonds is 4. The van der Waals surface area contributed by atoms with Gasteiger partial charge in [0.15, 0.2) is 14.2 Å². The molecule has 0 saturated carbocycles. The number of aromatic nitrogens is 1. The van der Waals surface area contributed by atoms with Crippen molar-refractivity contribution in [1.82, 2.24) is 10.3 Å². The lowest BCUT2D eigenvalue weighted by Crippen LogP contribution is -2.38. The smallest absolute Gasteiger partial charge is 0.319 e. The molecule has 1 aromatic carbocycles. The Hall–Kier alpha value is -1.58. The van der Waals surface area contributed by atoms with Gasteiger partial charge in [0.05, 0.1) is 11.5 Å². The van der Waals surface area contributed by atoms with Gasteiger partial charge in [-0.2, -0.15) is 0 Å². The highest BCUT2D eigenvalue weighted by atomic mass is 32.2. The number of carbonyl (C=O) groups excluding carboxylic acids is 1. The number of benzene rings is 1. The molecule has 6 nitrogen and oxygen atoms in total. The summed E-state index contributed by atoms with van der Waals surface area (Å²) in [6.07, 6.45) is 0.471. The van der Waals surface area contributed by atoms with Gasteiger partial charge < -0.3 is 10.6 Å². The van der Waals surface area contributed by atoms with Crippen molar-refractivity contribution in [1.29, 1.82) is 0 Å². The van der Waals surface area contributed by atoms with Crippen LogP contribution in [0.3, 0.4) is 0 Å². The first-order valence-electron chi connectivity index (χ1n) is 7.38. The summed E-state index contributed by atoms with van der Waals surface area (Å²) in [6, 6.07) is 6.77. The fourth-order valence-electron chi connectivity index (χ4n) is 2.35. The lowest BCUT2D eigenvalue weighted by molar-refractivity contribution is 0.249. The Morgan fingerprint density at radius 1 is 1.33 bits per heavy atom. The predicted molar refractivity (Wildman–Crippen MR) is 96.6 cm³/mol. The zero-order valence-electron chi connectivity index (χ0n) is 13.0. The van der Waals surface area contributed by atoms with Crippen LogP contribution in [-0.4, -0.2) is 37.0 Å². The maximum Gasteiger partial charge on any atom is 0.319 e. The quantitative estimate of drug-likeness (QED) is 0.847. The first-order valence-corrected chi connectivity index (χ1v) is 10.9. The summed E-state index contributed by atoms with van der Waals surface area (Å²) in [7, 11) is -3.00. The Bertz CT molecular complexity index is 831. The molecule has 1 saturated heterocycles. The molecular formula is C15H17N3O3S3. The highest BCUT2D eigenvalue weighted by molar-refractivity contribution is 8.01. The van der Waals surface area contributed by atoms with Gasteiger partial charge in [0.2, 0.25) is 0 Å². The minimum Gasteiger partial charge on any atom is -0.334 e. The number of hydrogen-bond donors (Lipinski definition) is 2. The SMILES string of the molecule is Cc1csc(Sc2ccc(NC(=O)N[C@H]3CCS(=O)(=O)C3)cc2)n1. The fraction of sp³-hybridized carbons (Fsp3) is 0.333. The van der Waals surface area contributed by atoms with Gasteiger partial charge in [0.1, 0.15) is 0 Å². The lowest BCUT2D eigenvalue weighted by Gasteiger charge is -2.12. The van der Waals surface area contributed by atoms with E-state index in [0.717, 1.165) is 14.9 Å². The molecule has 1 aliphatic heterocycles. The monoisotopic (exact) mass is 383 g/mol. The van der Waals surface area contributed by atoms with Crippen LogP contribution in [-0.2, 0) is 9.84 Å². The summed E-state index contributed by atoms with van der Waals surface area (Å²) in [5, 5.41) is 7.43. The average molecular weight is 384 g/mol. The highest BCUT2D eigenvalue weighted by Crippen LogP contribution is 2.30. The van der Waals surface area contributed by atoms with Gasteiger partial charge in [0, 0.05) is 27.7 Å². The van der Waals surface area contributed by atoms with Crippen LogP contribution >= 0.6 is 23.1 Å². The second kappa shape index (κ2) is 7.12. The summed E-state index contributed by atoms with van der Waals surface area (Å²) in [5.41, 5.74) is 1.67. The summed E-state index contributed by atoms with van der Waals surface area (Å²) in [4.78, 5) is 17.4. The Morgan fingerprint density at radius 2 is 2.08 bits per heavy atom. The number of nitrogens with zero attached hydrogens (tertiary/aromatic N) is 1. The average Bonchev–Trinajstić information content (AvgIpc) is 3.06. The Labute approximate surface area is 149 Å². The molecule has 9 heteroatoms. The van der Waals surface area contributed by atoms with Crippen LogP contribution in [0.1, 0.15) is 12.1 Å². The van der Waals surface area contributed by atoms with Gasteiger partial charge in [-0.1, -0.05) is 11.8 Å². The molecule has 0 bridgehead atoms. The van der Waals surface area contributed by atoms with Gasteiger partial charge in [-0.05, 0) is 37.6 Å². The Balaban J connectivity index is 1.53. The predicted octanol–water partition coefficient (Wildman–Crippen LogP) is 2.91. The molecule has 0 aliphatic carbocycles. The van der Waals surface area contributed by atoms with E-state index in [-0.39, 0.29) is 23.6 Å². The number of carbonyl (C=O) groups is 1. The van der Waals surface area contributed by atoms with Crippen molar-refractivity contribution in [3.8, 4) is 0 Å². The number of urea groups is 1. The molecule has 2 heterocycles. The highest BCUT2D eigenvalue weighted by Gasteiger charge is 2.28. The molecule has 2 amide bonds. The van der Waals surface area contributed by atoms with Gasteiger partial charge in [0.25, 0.3) is 0 Å². The van der Waals surface area contributed by atoms with Crippen LogP contribution < -0.4 is 10.6 Å². The summed E-state index contributed by atoms with van der Waals surface area (Å²) in [6.45, 7) is 1.96. The number of hydrogen-bond acceptors (Lipinski definition) is 6. The third-order valence-electron chi connectivity index (χ3n) is 3.48. The van der Waals surface area contributed by atoms with E-state index in [1.807, 2.05) is 36.6 Å². The van der Waals surface area contributed by atoms with Gasteiger partial charge >= 0.3 is 6.03 Å². The van der Waals surface area contributed by atoms with Crippen molar-refractivity contribution < 1.29 is 13.2 Å². The maximum atomic E-state index is 11.9. The first kappa shape index (κ1) is 17.2. The molecule has 0 unspecified atom stereocenters. The van der Waals surface area contributed by atoms with Crippen molar-refractivity contribution in [3.63, 3.8) is 0 Å². The molecule has 2 aromatic rings. The normalized spacial score (nSPS) is 19.1. The van der Waals surface area contributed by atoms with Crippen molar-refractivity contribution in [2.45, 2.75) is 28.6 Å². The molecule has 128 valence electrons. The van der Waals surface area contributed by atoms with E-state index in [4.69, 9.17) is 0 Å². The number of aryl methyl sites for hydroxylation is 1. The molecule has 1 aromatic heterocycles. The molecule has 3 rings (SSSR count). The Kier molecular flexibility index (Phi) is 5.12. The van der Waals surface area contributed by atoms with Crippen LogP contribution in [0.5, 0.6) is 0 Å². The summed E-state index contributed by atoms with van der Waals surface area (Å²) < 4.78 is 23.8. The maximum absolute atomic E-state index is 11.9. The van der Waals surface area contributed by atoms with Crippen LogP contribution in [0.4, 0.5) is 10.5 Å². The number of nitrogens with one attached hydrogen (secondary N) is 2. The van der Waals surface area contributed by atoms with Crippen LogP contribution in [0.15, 0.2) is 38.9 Å². The largest absolute Gasteiger partial charge is 0.334 e. The van der Waals surface area contributed by atoms with Crippen LogP contribution in [0, 0.1) is 6.92 Å². The third kappa shape index (κ3) is 4.71. The zero-order valence-corrected chi connectivity index (χ0v) is 15.4. The number of thiazole rings is 1. The minimum atomic E-state index is -3.00. The number of amides is 2. The number of sulfone groups is 1. The lowest BCUT2D eigenvalue weighted by atomic mass is 10.3. The van der Waals surface area contributed by atoms with Crippen molar-refractivity contribution >= 4 is 44.7 Å². The van der Waals surface area contributed by atoms with Crippen molar-refractivity contribution in [2.75, 3.05) is 16.8 Å². The molecule has 24 heavy (non-hydrogen) atoms. The molecule has 1 fully saturated rings. The van der Waals surface area contributed by atoms with E-state index in [9.17, 15) is 13.2 Å². The van der Waals surface area contributed by atoms with Gasteiger partial charge in [-0.25, -0.2) is 18.2 Å². The summed E-state index contributed by atoms with van der Waals surface area (Å²) in [5.74, 6) is 0.156. The van der Waals surface area contributed by atoms with Crippen LogP contribution in [0.2, 0.25) is 0 Å². The fourth-order valence-corrected chi connectivity index (χ4v) is 5.83. The Morgan fingerprint density at radius 3 is 2.67 bits per heavy atom. The molecular weight excluding hydrogens is 366 g/mol. The number of anilines is 1. The van der Waals surface area contributed by atoms with Crippen LogP contribution in [0.25, 0.3) is 0 Å². The van der Waals surface area contributed by atoms with Gasteiger partial charge in [-0.15, -0.1) is 11.3 Å². The second-order valence-electron chi connectivity index (χ2n) is 5.58. The van der Waals surface area contributed by atoms with E-state index in [0.29, 0.717) is 12.1 Å². The van der Waals surface area contributed by atoms with Gasteiger partial charge in [-0.3, -0.25) is 0 Å². The molecule has 2 N–H and O–H groups in total. The molecule has 0 radical (unpaired) electrons. The van der Waals surface area contributed by atoms with E-state index >= 15 is 0 Å². The van der Waals surface area contributed by atoms with E-state index in [1.165, 1.54) is 0 Å². The zero-order chi connectivity index (χ0) is 17.2. The van der Waals surface area contributed by atoms with Crippen molar-refractivity contribution in [3.05, 3.63) is 35.3 Å². The molecule has 1 aliphatic rings.